The Kier molecular flexibility index (Phi) is 4.42. The molecule has 1 N–H and O–H groups in total. The molecule has 3 rings (SSSR count). The lowest BCUT2D eigenvalue weighted by Crippen LogP contribution is -2.53. The number of hydrogen-bond donors (Lipinski definition) is 1. The Hall–Kier alpha value is -1.17. The van der Waals surface area contributed by atoms with Gasteiger partial charge in [-0.05, 0) is 25.1 Å². The number of halogens is 1. The number of nitrogens with one attached hydrogen (secondary N) is 1. The number of hydrogen-bond acceptors (Lipinski definition) is 4. The molecule has 1 aromatic rings. The Bertz CT molecular complexity index is 476. The Labute approximate surface area is 124 Å². The quantitative estimate of drug-likeness (QED) is 0.926. The van der Waals surface area contributed by atoms with E-state index in [1.54, 1.807) is 18.2 Å². The van der Waals surface area contributed by atoms with Crippen molar-refractivity contribution in [1.82, 2.24) is 5.32 Å². The summed E-state index contributed by atoms with van der Waals surface area (Å²) in [5.74, 6) is -0.581. The maximum Gasteiger partial charge on any atom is 0.172 e. The Morgan fingerprint density at radius 1 is 1.33 bits per heavy atom. The van der Waals surface area contributed by atoms with Crippen LogP contribution >= 0.6 is 0 Å². The van der Waals surface area contributed by atoms with Gasteiger partial charge in [0, 0.05) is 18.9 Å². The van der Waals surface area contributed by atoms with Gasteiger partial charge in [-0.1, -0.05) is 19.1 Å². The Morgan fingerprint density at radius 3 is 2.81 bits per heavy atom. The van der Waals surface area contributed by atoms with E-state index in [2.05, 4.69) is 12.2 Å². The van der Waals surface area contributed by atoms with E-state index in [9.17, 15) is 4.39 Å². The van der Waals surface area contributed by atoms with Crippen LogP contribution in [-0.4, -0.2) is 37.7 Å². The zero-order valence-corrected chi connectivity index (χ0v) is 12.3. The van der Waals surface area contributed by atoms with Crippen molar-refractivity contribution >= 4 is 0 Å². The molecule has 5 heteroatoms. The summed E-state index contributed by atoms with van der Waals surface area (Å²) in [5, 5.41) is 3.42. The molecule has 0 amide bonds. The van der Waals surface area contributed by atoms with Crippen molar-refractivity contribution in [2.24, 2.45) is 0 Å². The molecular weight excluding hydrogens is 273 g/mol. The summed E-state index contributed by atoms with van der Waals surface area (Å²) < 4.78 is 31.3. The van der Waals surface area contributed by atoms with Crippen LogP contribution in [0.5, 0.6) is 5.75 Å². The van der Waals surface area contributed by atoms with Gasteiger partial charge in [0.05, 0.1) is 13.2 Å². The molecule has 2 unspecified atom stereocenters. The minimum atomic E-state index is -0.540. The lowest BCUT2D eigenvalue weighted by Gasteiger charge is -2.41. The molecule has 0 radical (unpaired) electrons. The first-order valence-electron chi connectivity index (χ1n) is 7.65. The average Bonchev–Trinajstić information content (AvgIpc) is 2.93. The van der Waals surface area contributed by atoms with E-state index in [0.717, 1.165) is 19.4 Å². The third kappa shape index (κ3) is 3.20. The van der Waals surface area contributed by atoms with Crippen molar-refractivity contribution in [2.75, 3.05) is 19.8 Å². The molecule has 1 aromatic carbocycles. The summed E-state index contributed by atoms with van der Waals surface area (Å²) in [7, 11) is 0. The smallest absolute Gasteiger partial charge is 0.172 e. The van der Waals surface area contributed by atoms with E-state index in [4.69, 9.17) is 14.2 Å². The molecule has 2 fully saturated rings. The van der Waals surface area contributed by atoms with Crippen LogP contribution in [0.1, 0.15) is 26.2 Å². The van der Waals surface area contributed by atoms with E-state index in [-0.39, 0.29) is 18.0 Å². The first-order valence-corrected chi connectivity index (χ1v) is 7.65. The van der Waals surface area contributed by atoms with Crippen LogP contribution in [0.3, 0.4) is 0 Å². The SMILES string of the molecule is CCNC1CCC2(CC1Oc1ccccc1F)OCCO2. The Morgan fingerprint density at radius 2 is 2.10 bits per heavy atom. The molecule has 116 valence electrons. The van der Waals surface area contributed by atoms with Gasteiger partial charge in [-0.25, -0.2) is 4.39 Å². The normalized spacial score (nSPS) is 27.9. The molecule has 21 heavy (non-hydrogen) atoms. The number of rotatable bonds is 4. The highest BCUT2D eigenvalue weighted by Crippen LogP contribution is 2.37. The molecule has 0 aromatic heterocycles. The molecule has 1 heterocycles. The molecule has 2 atom stereocenters. The maximum atomic E-state index is 13.8. The van der Waals surface area contributed by atoms with Crippen molar-refractivity contribution in [1.29, 1.82) is 0 Å². The highest BCUT2D eigenvalue weighted by atomic mass is 19.1. The molecule has 2 aliphatic rings. The lowest BCUT2D eigenvalue weighted by atomic mass is 9.87. The second-order valence-corrected chi connectivity index (χ2v) is 5.60. The average molecular weight is 295 g/mol. The summed E-state index contributed by atoms with van der Waals surface area (Å²) in [4.78, 5) is 0. The highest BCUT2D eigenvalue weighted by Gasteiger charge is 2.46. The molecule has 0 bridgehead atoms. The summed E-state index contributed by atoms with van der Waals surface area (Å²) in [6.45, 7) is 4.17. The van der Waals surface area contributed by atoms with E-state index < -0.39 is 5.79 Å². The van der Waals surface area contributed by atoms with Gasteiger partial charge in [0.15, 0.2) is 17.4 Å². The number of ether oxygens (including phenoxy) is 3. The van der Waals surface area contributed by atoms with Crippen LogP contribution in [0.4, 0.5) is 4.39 Å². The number of benzene rings is 1. The van der Waals surface area contributed by atoms with Crippen LogP contribution in [-0.2, 0) is 9.47 Å². The maximum absolute atomic E-state index is 13.8. The van der Waals surface area contributed by atoms with Gasteiger partial charge in [-0.2, -0.15) is 0 Å². The fraction of sp³-hybridized carbons (Fsp3) is 0.625. The van der Waals surface area contributed by atoms with Crippen molar-refractivity contribution < 1.29 is 18.6 Å². The summed E-state index contributed by atoms with van der Waals surface area (Å²) in [6.07, 6.45) is 2.21. The second kappa shape index (κ2) is 6.30. The molecule has 4 nitrogen and oxygen atoms in total. The zero-order valence-electron chi connectivity index (χ0n) is 12.3. The van der Waals surface area contributed by atoms with Gasteiger partial charge < -0.3 is 19.5 Å². The predicted octanol–water partition coefficient (Wildman–Crippen LogP) is 2.48. The first kappa shape index (κ1) is 14.8. The third-order valence-corrected chi connectivity index (χ3v) is 4.19. The zero-order chi connectivity index (χ0) is 14.7. The van der Waals surface area contributed by atoms with Crippen LogP contribution in [0.15, 0.2) is 24.3 Å². The molecule has 1 aliphatic heterocycles. The van der Waals surface area contributed by atoms with Gasteiger partial charge in [0.1, 0.15) is 6.10 Å². The van der Waals surface area contributed by atoms with Crippen molar-refractivity contribution in [3.63, 3.8) is 0 Å². The van der Waals surface area contributed by atoms with E-state index in [1.165, 1.54) is 6.07 Å². The van der Waals surface area contributed by atoms with Gasteiger partial charge in [0.2, 0.25) is 0 Å². The predicted molar refractivity (Wildman–Crippen MR) is 76.8 cm³/mol. The second-order valence-electron chi connectivity index (χ2n) is 5.60. The largest absolute Gasteiger partial charge is 0.486 e. The molecular formula is C16H22FNO3. The topological polar surface area (TPSA) is 39.7 Å². The fourth-order valence-corrected chi connectivity index (χ4v) is 3.19. The van der Waals surface area contributed by atoms with Crippen molar-refractivity contribution in [2.45, 2.75) is 44.1 Å². The van der Waals surface area contributed by atoms with Gasteiger partial charge in [-0.3, -0.25) is 0 Å². The summed E-state index contributed by atoms with van der Waals surface area (Å²) >= 11 is 0. The summed E-state index contributed by atoms with van der Waals surface area (Å²) in [5.41, 5.74) is 0. The fourth-order valence-electron chi connectivity index (χ4n) is 3.19. The monoisotopic (exact) mass is 295 g/mol. The van der Waals surface area contributed by atoms with Crippen molar-refractivity contribution in [3.8, 4) is 5.75 Å². The van der Waals surface area contributed by atoms with Gasteiger partial charge in [-0.15, -0.1) is 0 Å². The summed E-state index contributed by atoms with van der Waals surface area (Å²) in [6, 6.07) is 6.71. The van der Waals surface area contributed by atoms with E-state index in [1.807, 2.05) is 0 Å². The van der Waals surface area contributed by atoms with Gasteiger partial charge >= 0.3 is 0 Å². The number of likely N-dealkylation sites (N-methyl/N-ethyl adjacent to an activating group) is 1. The molecule has 1 saturated heterocycles. The molecule has 1 aliphatic carbocycles. The third-order valence-electron chi connectivity index (χ3n) is 4.19. The lowest BCUT2D eigenvalue weighted by molar-refractivity contribution is -0.197. The van der Waals surface area contributed by atoms with Crippen LogP contribution in [0.25, 0.3) is 0 Å². The number of para-hydroxylation sites is 1. The minimum Gasteiger partial charge on any atom is -0.486 e. The van der Waals surface area contributed by atoms with E-state index >= 15 is 0 Å². The van der Waals surface area contributed by atoms with Crippen molar-refractivity contribution in [3.05, 3.63) is 30.1 Å². The standard InChI is InChI=1S/C16H22FNO3/c1-2-18-13-7-8-16(19-9-10-20-16)11-15(13)21-14-6-4-3-5-12(14)17/h3-6,13,15,18H,2,7-11H2,1H3. The highest BCUT2D eigenvalue weighted by molar-refractivity contribution is 5.24. The van der Waals surface area contributed by atoms with Crippen LogP contribution in [0, 0.1) is 5.82 Å². The van der Waals surface area contributed by atoms with Crippen LogP contribution in [0.2, 0.25) is 0 Å². The molecule has 1 spiro atoms. The van der Waals surface area contributed by atoms with Gasteiger partial charge in [0.25, 0.3) is 0 Å². The Balaban J connectivity index is 1.75. The van der Waals surface area contributed by atoms with Crippen LogP contribution < -0.4 is 10.1 Å². The minimum absolute atomic E-state index is 0.159. The first-order chi connectivity index (χ1) is 10.2. The molecule has 1 saturated carbocycles. The van der Waals surface area contributed by atoms with E-state index in [0.29, 0.717) is 25.4 Å².